The van der Waals surface area contributed by atoms with E-state index < -0.39 is 12.0 Å². The van der Waals surface area contributed by atoms with Crippen LogP contribution in [0.25, 0.3) is 0 Å². The Bertz CT molecular complexity index is 472. The van der Waals surface area contributed by atoms with E-state index in [1.165, 1.54) is 11.3 Å². The van der Waals surface area contributed by atoms with Gasteiger partial charge in [0.15, 0.2) is 0 Å². The van der Waals surface area contributed by atoms with Gasteiger partial charge in [0.1, 0.15) is 5.01 Å². The van der Waals surface area contributed by atoms with E-state index in [0.717, 1.165) is 24.3 Å². The Hall–Kier alpha value is -1.70. The molecule has 8 heteroatoms. The molecule has 3 N–H and O–H groups in total. The second-order valence-electron chi connectivity index (χ2n) is 4.49. The number of carboxylic acids is 1. The van der Waals surface area contributed by atoms with Gasteiger partial charge in [-0.05, 0) is 25.2 Å². The summed E-state index contributed by atoms with van der Waals surface area (Å²) >= 11 is 1.32. The Morgan fingerprint density at radius 1 is 1.47 bits per heavy atom. The highest BCUT2D eigenvalue weighted by Crippen LogP contribution is 2.34. The number of anilines is 1. The van der Waals surface area contributed by atoms with Crippen LogP contribution < -0.4 is 10.6 Å². The van der Waals surface area contributed by atoms with E-state index >= 15 is 0 Å². The first-order chi connectivity index (χ1) is 9.08. The Kier molecular flexibility index (Phi) is 4.31. The maximum absolute atomic E-state index is 11.8. The van der Waals surface area contributed by atoms with E-state index in [2.05, 4.69) is 20.8 Å². The van der Waals surface area contributed by atoms with Crippen molar-refractivity contribution in [3.05, 3.63) is 5.01 Å². The van der Waals surface area contributed by atoms with Gasteiger partial charge >= 0.3 is 12.0 Å². The molecule has 0 spiro atoms. The molecule has 1 aromatic heterocycles. The molecule has 1 aliphatic rings. The van der Waals surface area contributed by atoms with E-state index in [4.69, 9.17) is 5.11 Å². The molecule has 0 aromatic carbocycles. The Balaban J connectivity index is 1.86. The van der Waals surface area contributed by atoms with Crippen LogP contribution in [0.2, 0.25) is 0 Å². The molecule has 1 fully saturated rings. The average Bonchev–Trinajstić information content (AvgIpc) is 3.09. The predicted molar refractivity (Wildman–Crippen MR) is 70.2 cm³/mol. The zero-order valence-electron chi connectivity index (χ0n) is 10.5. The molecule has 0 radical (unpaired) electrons. The van der Waals surface area contributed by atoms with Gasteiger partial charge in [-0.2, -0.15) is 0 Å². The van der Waals surface area contributed by atoms with Gasteiger partial charge in [-0.15, -0.1) is 10.2 Å². The molecule has 1 aliphatic carbocycles. The molecule has 0 aliphatic heterocycles. The van der Waals surface area contributed by atoms with Gasteiger partial charge in [0.2, 0.25) is 5.13 Å². The molecule has 1 saturated carbocycles. The minimum atomic E-state index is -0.901. The topological polar surface area (TPSA) is 104 Å². The summed E-state index contributed by atoms with van der Waals surface area (Å²) in [6.07, 6.45) is 2.66. The lowest BCUT2D eigenvalue weighted by Gasteiger charge is -2.15. The lowest BCUT2D eigenvalue weighted by molar-refractivity contribution is -0.137. The number of carbonyl (C=O) groups is 2. The SMILES string of the molecule is CCc1nnc(NC(=O)NC(CC(=O)O)C2CC2)s1. The lowest BCUT2D eigenvalue weighted by Crippen LogP contribution is -2.40. The second-order valence-corrected chi connectivity index (χ2v) is 5.56. The summed E-state index contributed by atoms with van der Waals surface area (Å²) in [6, 6.07) is -0.729. The number of amides is 2. The zero-order valence-corrected chi connectivity index (χ0v) is 11.4. The van der Waals surface area contributed by atoms with Crippen LogP contribution in [0, 0.1) is 5.92 Å². The minimum Gasteiger partial charge on any atom is -0.481 e. The van der Waals surface area contributed by atoms with Crippen LogP contribution in [0.1, 0.15) is 31.2 Å². The van der Waals surface area contributed by atoms with Crippen molar-refractivity contribution in [2.75, 3.05) is 5.32 Å². The average molecular weight is 284 g/mol. The number of nitrogens with zero attached hydrogens (tertiary/aromatic N) is 2. The van der Waals surface area contributed by atoms with Crippen molar-refractivity contribution < 1.29 is 14.7 Å². The summed E-state index contributed by atoms with van der Waals surface area (Å²) in [6.45, 7) is 1.96. The normalized spacial score (nSPS) is 15.8. The number of carboxylic acid groups (broad SMARTS) is 1. The number of aliphatic carboxylic acids is 1. The van der Waals surface area contributed by atoms with Crippen molar-refractivity contribution >= 4 is 28.5 Å². The Morgan fingerprint density at radius 2 is 2.21 bits per heavy atom. The van der Waals surface area contributed by atoms with Gasteiger partial charge in [-0.25, -0.2) is 4.79 Å². The van der Waals surface area contributed by atoms with Crippen LogP contribution >= 0.6 is 11.3 Å². The van der Waals surface area contributed by atoms with E-state index in [9.17, 15) is 9.59 Å². The van der Waals surface area contributed by atoms with Crippen molar-refractivity contribution in [2.45, 2.75) is 38.6 Å². The van der Waals surface area contributed by atoms with Gasteiger partial charge in [0.25, 0.3) is 0 Å². The highest BCUT2D eigenvalue weighted by Gasteiger charge is 2.33. The van der Waals surface area contributed by atoms with Crippen LogP contribution in [0.15, 0.2) is 0 Å². The van der Waals surface area contributed by atoms with E-state index in [1.54, 1.807) is 0 Å². The molecule has 7 nitrogen and oxygen atoms in total. The second kappa shape index (κ2) is 5.96. The fourth-order valence-electron chi connectivity index (χ4n) is 1.77. The number of carbonyl (C=O) groups excluding carboxylic acids is 1. The van der Waals surface area contributed by atoms with Crippen molar-refractivity contribution in [3.63, 3.8) is 0 Å². The quantitative estimate of drug-likeness (QED) is 0.734. The number of rotatable bonds is 6. The van der Waals surface area contributed by atoms with Crippen molar-refractivity contribution in [2.24, 2.45) is 5.92 Å². The number of hydrogen-bond acceptors (Lipinski definition) is 5. The monoisotopic (exact) mass is 284 g/mol. The Morgan fingerprint density at radius 3 is 2.74 bits per heavy atom. The summed E-state index contributed by atoms with van der Waals surface area (Å²) in [7, 11) is 0. The minimum absolute atomic E-state index is 0.0472. The molecule has 0 bridgehead atoms. The molecule has 2 amide bonds. The molecule has 1 heterocycles. The molecular formula is C11H16N4O3S. The first-order valence-corrected chi connectivity index (χ1v) is 7.01. The molecule has 1 aromatic rings. The van der Waals surface area contributed by atoms with Gasteiger partial charge in [0, 0.05) is 6.04 Å². The first kappa shape index (κ1) is 13.7. The molecule has 19 heavy (non-hydrogen) atoms. The fraction of sp³-hybridized carbons (Fsp3) is 0.636. The van der Waals surface area contributed by atoms with Crippen LogP contribution in [-0.4, -0.2) is 33.3 Å². The number of nitrogens with one attached hydrogen (secondary N) is 2. The summed E-state index contributed by atoms with van der Waals surface area (Å²) in [5, 5.41) is 23.1. The van der Waals surface area contributed by atoms with Crippen molar-refractivity contribution in [3.8, 4) is 0 Å². The van der Waals surface area contributed by atoms with Crippen molar-refractivity contribution in [1.29, 1.82) is 0 Å². The highest BCUT2D eigenvalue weighted by atomic mass is 32.1. The van der Waals surface area contributed by atoms with Crippen LogP contribution in [0.5, 0.6) is 0 Å². The van der Waals surface area contributed by atoms with Gasteiger partial charge in [0.05, 0.1) is 6.42 Å². The van der Waals surface area contributed by atoms with Crippen LogP contribution in [-0.2, 0) is 11.2 Å². The molecule has 1 atom stereocenters. The van der Waals surface area contributed by atoms with Gasteiger partial charge in [-0.1, -0.05) is 18.3 Å². The largest absolute Gasteiger partial charge is 0.481 e. The zero-order chi connectivity index (χ0) is 13.8. The third-order valence-electron chi connectivity index (χ3n) is 2.89. The highest BCUT2D eigenvalue weighted by molar-refractivity contribution is 7.15. The van der Waals surface area contributed by atoms with Crippen LogP contribution in [0.3, 0.4) is 0 Å². The third kappa shape index (κ3) is 4.16. The maximum atomic E-state index is 11.8. The summed E-state index contributed by atoms with van der Waals surface area (Å²) in [5.74, 6) is -0.621. The van der Waals surface area contributed by atoms with E-state index in [-0.39, 0.29) is 18.4 Å². The predicted octanol–water partition coefficient (Wildman–Crippen LogP) is 1.48. The number of hydrogen-bond donors (Lipinski definition) is 3. The molecule has 0 saturated heterocycles. The van der Waals surface area contributed by atoms with Gasteiger partial charge in [-0.3, -0.25) is 10.1 Å². The summed E-state index contributed by atoms with van der Waals surface area (Å²) in [5.41, 5.74) is 0. The van der Waals surface area contributed by atoms with E-state index in [1.807, 2.05) is 6.92 Å². The molecule has 1 unspecified atom stereocenters. The summed E-state index contributed by atoms with van der Waals surface area (Å²) in [4.78, 5) is 22.5. The number of aryl methyl sites for hydroxylation is 1. The van der Waals surface area contributed by atoms with Crippen LogP contribution in [0.4, 0.5) is 9.93 Å². The van der Waals surface area contributed by atoms with Crippen molar-refractivity contribution in [1.82, 2.24) is 15.5 Å². The smallest absolute Gasteiger partial charge is 0.321 e. The first-order valence-electron chi connectivity index (χ1n) is 6.20. The van der Waals surface area contributed by atoms with Gasteiger partial charge < -0.3 is 10.4 Å². The number of urea groups is 1. The lowest BCUT2D eigenvalue weighted by atomic mass is 10.1. The Labute approximate surface area is 114 Å². The molecular weight excluding hydrogens is 268 g/mol. The molecule has 2 rings (SSSR count). The maximum Gasteiger partial charge on any atom is 0.321 e. The fourth-order valence-corrected chi connectivity index (χ4v) is 2.45. The van der Waals surface area contributed by atoms with E-state index in [0.29, 0.717) is 5.13 Å². The number of aromatic nitrogens is 2. The summed E-state index contributed by atoms with van der Waals surface area (Å²) < 4.78 is 0. The molecule has 104 valence electrons. The standard InChI is InChI=1S/C11H16N4O3S/c1-2-8-14-15-11(19-8)13-10(18)12-7(5-9(16)17)6-3-4-6/h6-7H,2-5H2,1H3,(H,16,17)(H2,12,13,15,18). The third-order valence-corrected chi connectivity index (χ3v) is 3.87.